The lowest BCUT2D eigenvalue weighted by molar-refractivity contribution is -0.303. The van der Waals surface area contributed by atoms with Crippen LogP contribution in [-0.2, 0) is 19.1 Å². The third-order valence-corrected chi connectivity index (χ3v) is 3.69. The second kappa shape index (κ2) is 7.47. The molecule has 1 rings (SSSR count). The highest BCUT2D eigenvalue weighted by molar-refractivity contribution is 5.85. The van der Waals surface area contributed by atoms with E-state index in [1.807, 2.05) is 13.8 Å². The van der Waals surface area contributed by atoms with E-state index in [1.165, 1.54) is 0 Å². The molecule has 0 bridgehead atoms. The van der Waals surface area contributed by atoms with Crippen LogP contribution in [0.2, 0.25) is 0 Å². The van der Waals surface area contributed by atoms with E-state index >= 15 is 0 Å². The lowest BCUT2D eigenvalue weighted by Crippen LogP contribution is -2.53. The molecule has 1 N–H and O–H groups in total. The van der Waals surface area contributed by atoms with Crippen molar-refractivity contribution in [3.63, 3.8) is 0 Å². The Morgan fingerprint density at radius 2 is 1.71 bits per heavy atom. The maximum Gasteiger partial charge on any atom is 0.163 e. The van der Waals surface area contributed by atoms with Gasteiger partial charge in [-0.3, -0.25) is 9.59 Å². The number of carbonyl (C=O) groups excluding carboxylic acids is 2. The lowest BCUT2D eigenvalue weighted by atomic mass is 9.82. The van der Waals surface area contributed by atoms with E-state index in [-0.39, 0.29) is 23.6 Å². The summed E-state index contributed by atoms with van der Waals surface area (Å²) in [5.74, 6) is -0.608. The van der Waals surface area contributed by atoms with Crippen molar-refractivity contribution < 1.29 is 24.2 Å². The summed E-state index contributed by atoms with van der Waals surface area (Å²) in [5, 5.41) is 8.67. The predicted molar refractivity (Wildman–Crippen MR) is 78.9 cm³/mol. The van der Waals surface area contributed by atoms with E-state index < -0.39 is 11.9 Å². The minimum atomic E-state index is -0.743. The maximum atomic E-state index is 12.4. The molecule has 0 aromatic carbocycles. The van der Waals surface area contributed by atoms with Crippen molar-refractivity contribution in [1.82, 2.24) is 0 Å². The Bertz CT molecular complexity index is 373. The number of Topliss-reactive ketones (excluding diaryl/α,β-unsaturated/α-hetero) is 2. The Labute approximate surface area is 127 Å². The van der Waals surface area contributed by atoms with Gasteiger partial charge in [-0.15, -0.1) is 0 Å². The first-order valence-electron chi connectivity index (χ1n) is 7.65. The summed E-state index contributed by atoms with van der Waals surface area (Å²) < 4.78 is 11.4. The van der Waals surface area contributed by atoms with Crippen molar-refractivity contribution in [3.05, 3.63) is 0 Å². The second-order valence-corrected chi connectivity index (χ2v) is 6.86. The van der Waals surface area contributed by atoms with Crippen LogP contribution in [-0.4, -0.2) is 41.8 Å². The fourth-order valence-electron chi connectivity index (χ4n) is 2.41. The predicted octanol–water partition coefficient (Wildman–Crippen LogP) is 2.25. The molecule has 122 valence electrons. The highest BCUT2D eigenvalue weighted by Gasteiger charge is 2.45. The zero-order chi connectivity index (χ0) is 16.1. The zero-order valence-electron chi connectivity index (χ0n) is 13.6. The van der Waals surface area contributed by atoms with Crippen molar-refractivity contribution in [2.75, 3.05) is 13.2 Å². The quantitative estimate of drug-likeness (QED) is 0.744. The molecule has 1 fully saturated rings. The van der Waals surface area contributed by atoms with Gasteiger partial charge in [0, 0.05) is 31.3 Å². The van der Waals surface area contributed by atoms with Crippen molar-refractivity contribution >= 4 is 11.6 Å². The Morgan fingerprint density at radius 3 is 2.33 bits per heavy atom. The monoisotopic (exact) mass is 300 g/mol. The fraction of sp³-hybridized carbons (Fsp3) is 0.875. The summed E-state index contributed by atoms with van der Waals surface area (Å²) in [4.78, 5) is 23.9. The molecule has 1 aliphatic heterocycles. The van der Waals surface area contributed by atoms with Crippen molar-refractivity contribution in [2.24, 2.45) is 5.41 Å². The number of hydrogen-bond acceptors (Lipinski definition) is 5. The Balaban J connectivity index is 2.44. The van der Waals surface area contributed by atoms with E-state index in [9.17, 15) is 9.59 Å². The molecule has 0 radical (unpaired) electrons. The molecule has 5 heteroatoms. The van der Waals surface area contributed by atoms with Crippen LogP contribution >= 0.6 is 0 Å². The molecule has 0 saturated carbocycles. The van der Waals surface area contributed by atoms with Crippen LogP contribution in [0.1, 0.15) is 59.8 Å². The molecule has 1 saturated heterocycles. The smallest absolute Gasteiger partial charge is 0.163 e. The molecular formula is C16H28O5. The molecule has 1 aliphatic rings. The number of aliphatic hydroxyl groups is 1. The van der Waals surface area contributed by atoms with Crippen LogP contribution in [0.4, 0.5) is 0 Å². The lowest BCUT2D eigenvalue weighted by Gasteiger charge is -2.45. The number of aliphatic hydroxyl groups excluding tert-OH is 1. The van der Waals surface area contributed by atoms with E-state index in [2.05, 4.69) is 0 Å². The normalized spacial score (nSPS) is 23.8. The fourth-order valence-corrected chi connectivity index (χ4v) is 2.41. The first kappa shape index (κ1) is 18.3. The number of ketones is 2. The number of carbonyl (C=O) groups is 2. The van der Waals surface area contributed by atoms with Gasteiger partial charge in [-0.1, -0.05) is 13.8 Å². The van der Waals surface area contributed by atoms with Crippen LogP contribution < -0.4 is 0 Å². The largest absolute Gasteiger partial charge is 0.396 e. The Morgan fingerprint density at radius 1 is 1.10 bits per heavy atom. The third-order valence-electron chi connectivity index (χ3n) is 3.69. The summed E-state index contributed by atoms with van der Waals surface area (Å²) in [5.41, 5.74) is -0.354. The average Bonchev–Trinajstić information content (AvgIpc) is 2.39. The van der Waals surface area contributed by atoms with Crippen LogP contribution in [0.25, 0.3) is 0 Å². The molecular weight excluding hydrogens is 272 g/mol. The van der Waals surface area contributed by atoms with Crippen LogP contribution in [0.5, 0.6) is 0 Å². The summed E-state index contributed by atoms with van der Waals surface area (Å²) in [7, 11) is 0. The molecule has 1 heterocycles. The molecule has 0 spiro atoms. The van der Waals surface area contributed by atoms with E-state index in [1.54, 1.807) is 13.8 Å². The van der Waals surface area contributed by atoms with Gasteiger partial charge in [0.15, 0.2) is 11.6 Å². The van der Waals surface area contributed by atoms with Gasteiger partial charge in [-0.25, -0.2) is 0 Å². The summed E-state index contributed by atoms with van der Waals surface area (Å²) >= 11 is 0. The Hall–Kier alpha value is -0.780. The van der Waals surface area contributed by atoms with Gasteiger partial charge >= 0.3 is 0 Å². The zero-order valence-corrected chi connectivity index (χ0v) is 13.6. The first-order valence-corrected chi connectivity index (χ1v) is 7.65. The van der Waals surface area contributed by atoms with Crippen molar-refractivity contribution in [1.29, 1.82) is 0 Å². The number of hydrogen-bond donors (Lipinski definition) is 1. The topological polar surface area (TPSA) is 72.8 Å². The molecule has 21 heavy (non-hydrogen) atoms. The van der Waals surface area contributed by atoms with Gasteiger partial charge in [0.1, 0.15) is 11.9 Å². The highest BCUT2D eigenvalue weighted by Crippen LogP contribution is 2.35. The minimum Gasteiger partial charge on any atom is -0.396 e. The van der Waals surface area contributed by atoms with Gasteiger partial charge in [0.05, 0.1) is 6.61 Å². The first-order chi connectivity index (χ1) is 9.68. The third kappa shape index (κ3) is 5.85. The summed E-state index contributed by atoms with van der Waals surface area (Å²) in [6, 6.07) is 0. The molecule has 0 aliphatic carbocycles. The van der Waals surface area contributed by atoms with E-state index in [0.29, 0.717) is 38.7 Å². The van der Waals surface area contributed by atoms with Gasteiger partial charge in [-0.05, 0) is 26.7 Å². The molecule has 0 unspecified atom stereocenters. The standard InChI is InChI=1S/C16H28O5/c1-15(2)11-20-16(3,4)21-14(15)13(19)9-5-7-12(18)8-6-10-17/h14,17H,5-11H2,1-4H3/t14-/m0/s1. The number of ether oxygens (including phenoxy) is 2. The molecule has 0 amide bonds. The Kier molecular flexibility index (Phi) is 6.50. The summed E-state index contributed by atoms with van der Waals surface area (Å²) in [6.07, 6.45) is 1.66. The average molecular weight is 300 g/mol. The van der Waals surface area contributed by atoms with E-state index in [0.717, 1.165) is 0 Å². The second-order valence-electron chi connectivity index (χ2n) is 6.86. The maximum absolute atomic E-state index is 12.4. The van der Waals surface area contributed by atoms with Gasteiger partial charge in [0.25, 0.3) is 0 Å². The van der Waals surface area contributed by atoms with Crippen LogP contribution in [0.3, 0.4) is 0 Å². The van der Waals surface area contributed by atoms with Gasteiger partial charge in [0.2, 0.25) is 0 Å². The number of rotatable bonds is 8. The molecule has 0 aromatic rings. The summed E-state index contributed by atoms with van der Waals surface area (Å²) in [6.45, 7) is 8.03. The van der Waals surface area contributed by atoms with Crippen LogP contribution in [0.15, 0.2) is 0 Å². The minimum absolute atomic E-state index is 0.0316. The van der Waals surface area contributed by atoms with Gasteiger partial charge < -0.3 is 14.6 Å². The molecule has 5 nitrogen and oxygen atoms in total. The molecule has 1 atom stereocenters. The van der Waals surface area contributed by atoms with Gasteiger partial charge in [-0.2, -0.15) is 0 Å². The SMILES string of the molecule is CC1(C)OCC(C)(C)[C@H](C(=O)CCCC(=O)CCCO)O1. The van der Waals surface area contributed by atoms with Crippen molar-refractivity contribution in [3.8, 4) is 0 Å². The highest BCUT2D eigenvalue weighted by atomic mass is 16.7. The van der Waals surface area contributed by atoms with Crippen LogP contribution in [0, 0.1) is 5.41 Å². The van der Waals surface area contributed by atoms with E-state index in [4.69, 9.17) is 14.6 Å². The molecule has 0 aromatic heterocycles. The van der Waals surface area contributed by atoms with Crippen molar-refractivity contribution in [2.45, 2.75) is 71.7 Å².